The van der Waals surface area contributed by atoms with Crippen LogP contribution in [0.5, 0.6) is 0 Å². The Morgan fingerprint density at radius 3 is 2.54 bits per heavy atom. The van der Waals surface area contributed by atoms with Crippen LogP contribution in [0.2, 0.25) is 5.02 Å². The van der Waals surface area contributed by atoms with Crippen molar-refractivity contribution in [3.63, 3.8) is 0 Å². The Bertz CT molecular complexity index is 306. The van der Waals surface area contributed by atoms with Gasteiger partial charge in [-0.2, -0.15) is 0 Å². The van der Waals surface area contributed by atoms with Crippen molar-refractivity contribution in [2.24, 2.45) is 0 Å². The average Bonchev–Trinajstić information content (AvgIpc) is 2.08. The molecule has 0 radical (unpaired) electrons. The van der Waals surface area contributed by atoms with Crippen LogP contribution < -0.4 is 0 Å². The molecule has 72 valence electrons. The third kappa shape index (κ3) is 2.62. The van der Waals surface area contributed by atoms with E-state index in [0.29, 0.717) is 9.50 Å². The van der Waals surface area contributed by atoms with Crippen LogP contribution in [-0.4, -0.2) is 11.5 Å². The Kier molecular flexibility index (Phi) is 3.64. The van der Waals surface area contributed by atoms with E-state index in [1.54, 1.807) is 6.07 Å². The number of hydrogen-bond donors (Lipinski definition) is 1. The maximum Gasteiger partial charge on any atom is 0.268 e. The highest BCUT2D eigenvalue weighted by Crippen LogP contribution is 2.29. The van der Waals surface area contributed by atoms with Crippen molar-refractivity contribution < 1.29 is 13.9 Å². The number of aliphatic hydroxyl groups is 1. The fourth-order valence-electron chi connectivity index (χ4n) is 0.877. The number of halogens is 4. The molecule has 0 spiro atoms. The fraction of sp³-hybridized carbons (Fsp3) is 0.250. The first kappa shape index (κ1) is 10.9. The highest BCUT2D eigenvalue weighted by Gasteiger charge is 2.21. The number of hydrogen-bond acceptors (Lipinski definition) is 1. The molecule has 0 aromatic heterocycles. The summed E-state index contributed by atoms with van der Waals surface area (Å²) in [5, 5.41) is 9.38. The van der Waals surface area contributed by atoms with Gasteiger partial charge >= 0.3 is 0 Å². The van der Waals surface area contributed by atoms with Gasteiger partial charge in [0.25, 0.3) is 6.43 Å². The molecule has 5 heteroatoms. The van der Waals surface area contributed by atoms with Gasteiger partial charge < -0.3 is 5.11 Å². The Balaban J connectivity index is 3.05. The second-order valence-corrected chi connectivity index (χ2v) is 3.74. The highest BCUT2D eigenvalue weighted by atomic mass is 79.9. The maximum atomic E-state index is 12.1. The minimum atomic E-state index is -2.81. The maximum absolute atomic E-state index is 12.1. The molecule has 0 unspecified atom stereocenters. The second kappa shape index (κ2) is 4.35. The van der Waals surface area contributed by atoms with E-state index in [2.05, 4.69) is 15.9 Å². The Morgan fingerprint density at radius 1 is 1.38 bits per heavy atom. The first-order valence-electron chi connectivity index (χ1n) is 3.43. The van der Waals surface area contributed by atoms with E-state index < -0.39 is 12.5 Å². The molecule has 0 aliphatic heterocycles. The first-order valence-corrected chi connectivity index (χ1v) is 4.60. The molecule has 0 fully saturated rings. The molecule has 1 rings (SSSR count). The summed E-state index contributed by atoms with van der Waals surface area (Å²) in [6.07, 6.45) is -4.61. The molecule has 1 nitrogen and oxygen atoms in total. The zero-order chi connectivity index (χ0) is 10.0. The lowest BCUT2D eigenvalue weighted by Crippen LogP contribution is -2.08. The third-order valence-corrected chi connectivity index (χ3v) is 2.47. The molecule has 0 aliphatic carbocycles. The van der Waals surface area contributed by atoms with Gasteiger partial charge in [0.05, 0.1) is 0 Å². The average molecular weight is 271 g/mol. The predicted octanol–water partition coefficient (Wildman–Crippen LogP) is 3.40. The Morgan fingerprint density at radius 2 is 2.00 bits per heavy atom. The van der Waals surface area contributed by atoms with Gasteiger partial charge in [0.1, 0.15) is 6.10 Å². The van der Waals surface area contributed by atoms with Crippen LogP contribution in [0.15, 0.2) is 22.7 Å². The van der Waals surface area contributed by atoms with Gasteiger partial charge in [-0.3, -0.25) is 0 Å². The molecule has 0 amide bonds. The topological polar surface area (TPSA) is 20.2 Å². The summed E-state index contributed by atoms with van der Waals surface area (Å²) >= 11 is 8.64. The molecule has 1 N–H and O–H groups in total. The van der Waals surface area contributed by atoms with Crippen molar-refractivity contribution in [3.8, 4) is 0 Å². The van der Waals surface area contributed by atoms with Crippen LogP contribution in [0.3, 0.4) is 0 Å². The summed E-state index contributed by atoms with van der Waals surface area (Å²) in [6, 6.07) is 4.37. The van der Waals surface area contributed by atoms with Gasteiger partial charge in [0, 0.05) is 15.1 Å². The van der Waals surface area contributed by atoms with Crippen molar-refractivity contribution in [2.45, 2.75) is 12.5 Å². The summed E-state index contributed by atoms with van der Waals surface area (Å²) in [4.78, 5) is 0. The van der Waals surface area contributed by atoms with Crippen molar-refractivity contribution >= 4 is 27.5 Å². The molecular formula is C8H6BrClF2O. The zero-order valence-electron chi connectivity index (χ0n) is 6.35. The lowest BCUT2D eigenvalue weighted by molar-refractivity contribution is -0.00617. The van der Waals surface area contributed by atoms with Crippen molar-refractivity contribution in [1.82, 2.24) is 0 Å². The molecule has 13 heavy (non-hydrogen) atoms. The summed E-state index contributed by atoms with van der Waals surface area (Å²) < 4.78 is 24.6. The van der Waals surface area contributed by atoms with Gasteiger partial charge in [-0.1, -0.05) is 27.5 Å². The van der Waals surface area contributed by atoms with E-state index in [4.69, 9.17) is 16.7 Å². The molecule has 1 aromatic carbocycles. The lowest BCUT2D eigenvalue weighted by atomic mass is 10.1. The monoisotopic (exact) mass is 270 g/mol. The highest BCUT2D eigenvalue weighted by molar-refractivity contribution is 9.10. The van der Waals surface area contributed by atoms with Gasteiger partial charge in [0.15, 0.2) is 0 Å². The smallest absolute Gasteiger partial charge is 0.268 e. The lowest BCUT2D eigenvalue weighted by Gasteiger charge is -2.11. The number of alkyl halides is 2. The number of benzene rings is 1. The minimum Gasteiger partial charge on any atom is -0.382 e. The second-order valence-electron chi connectivity index (χ2n) is 2.45. The molecule has 1 atom stereocenters. The molecule has 1 aromatic rings. The SMILES string of the molecule is O[C@@H](c1cc(Cl)ccc1Br)C(F)F. The van der Waals surface area contributed by atoms with E-state index in [1.165, 1.54) is 12.1 Å². The van der Waals surface area contributed by atoms with E-state index in [9.17, 15) is 8.78 Å². The number of aliphatic hydroxyl groups excluding tert-OH is 1. The quantitative estimate of drug-likeness (QED) is 0.874. The molecule has 0 saturated carbocycles. The van der Waals surface area contributed by atoms with Crippen LogP contribution in [0.1, 0.15) is 11.7 Å². The van der Waals surface area contributed by atoms with E-state index >= 15 is 0 Å². The van der Waals surface area contributed by atoms with Crippen LogP contribution >= 0.6 is 27.5 Å². The van der Waals surface area contributed by atoms with Crippen LogP contribution in [0, 0.1) is 0 Å². The summed E-state index contributed by atoms with van der Waals surface area (Å²) in [5.74, 6) is 0. The van der Waals surface area contributed by atoms with Gasteiger partial charge in [-0.15, -0.1) is 0 Å². The third-order valence-electron chi connectivity index (χ3n) is 1.52. The molecule has 0 heterocycles. The van der Waals surface area contributed by atoms with Crippen molar-refractivity contribution in [2.75, 3.05) is 0 Å². The summed E-state index contributed by atoms with van der Waals surface area (Å²) in [6.45, 7) is 0. The normalized spacial score (nSPS) is 13.4. The van der Waals surface area contributed by atoms with Crippen LogP contribution in [0.4, 0.5) is 8.78 Å². The van der Waals surface area contributed by atoms with Gasteiger partial charge in [-0.05, 0) is 18.2 Å². The van der Waals surface area contributed by atoms with E-state index in [-0.39, 0.29) is 5.56 Å². The molecule has 0 bridgehead atoms. The standard InChI is InChI=1S/C8H6BrClF2O/c9-6-2-1-4(10)3-5(6)7(13)8(11)12/h1-3,7-8,13H/t7-/m0/s1. The van der Waals surface area contributed by atoms with E-state index in [1.807, 2.05) is 0 Å². The van der Waals surface area contributed by atoms with E-state index in [0.717, 1.165) is 0 Å². The Hall–Kier alpha value is -0.190. The largest absolute Gasteiger partial charge is 0.382 e. The Labute approximate surface area is 87.5 Å². The molecule has 0 saturated heterocycles. The van der Waals surface area contributed by atoms with Gasteiger partial charge in [0.2, 0.25) is 0 Å². The van der Waals surface area contributed by atoms with Crippen LogP contribution in [0.25, 0.3) is 0 Å². The predicted molar refractivity (Wildman–Crippen MR) is 50.1 cm³/mol. The minimum absolute atomic E-state index is 0.0995. The van der Waals surface area contributed by atoms with Crippen molar-refractivity contribution in [1.29, 1.82) is 0 Å². The molecule has 0 aliphatic rings. The first-order chi connectivity index (χ1) is 6.02. The summed E-state index contributed by atoms with van der Waals surface area (Å²) in [5.41, 5.74) is 0.0995. The fourth-order valence-corrected chi connectivity index (χ4v) is 1.54. The summed E-state index contributed by atoms with van der Waals surface area (Å²) in [7, 11) is 0. The van der Waals surface area contributed by atoms with Crippen molar-refractivity contribution in [3.05, 3.63) is 33.3 Å². The van der Waals surface area contributed by atoms with Crippen LogP contribution in [-0.2, 0) is 0 Å². The van der Waals surface area contributed by atoms with Gasteiger partial charge in [-0.25, -0.2) is 8.78 Å². The molecular weight excluding hydrogens is 265 g/mol. The number of rotatable bonds is 2. The zero-order valence-corrected chi connectivity index (χ0v) is 8.69.